The lowest BCUT2D eigenvalue weighted by Gasteiger charge is -2.14. The molecule has 2 aromatic carbocycles. The van der Waals surface area contributed by atoms with Crippen molar-refractivity contribution in [1.29, 1.82) is 0 Å². The quantitative estimate of drug-likeness (QED) is 0.828. The largest absolute Gasteiger partial charge is 0.325 e. The van der Waals surface area contributed by atoms with Crippen molar-refractivity contribution in [3.05, 3.63) is 63.9 Å². The van der Waals surface area contributed by atoms with Gasteiger partial charge in [-0.15, -0.1) is 11.6 Å². The average Bonchev–Trinajstić information content (AvgIpc) is 2.79. The summed E-state index contributed by atoms with van der Waals surface area (Å²) in [7, 11) is 0. The van der Waals surface area contributed by atoms with E-state index in [9.17, 15) is 9.18 Å². The highest BCUT2D eigenvalue weighted by Crippen LogP contribution is 2.36. The SMILES string of the molecule is O=C1Cc2cc(C(Cl)Cc3ccccc3F)c(Cl)cc2N1. The number of hydrogen-bond acceptors (Lipinski definition) is 1. The zero-order valence-electron chi connectivity index (χ0n) is 11.0. The standard InChI is InChI=1S/C16H12Cl2FNO/c17-12(6-9-3-1-2-4-14(9)19)11-5-10-7-16(21)20-15(10)8-13(11)18/h1-5,8,12H,6-7H2,(H,20,21). The Morgan fingerprint density at radius 1 is 1.29 bits per heavy atom. The Morgan fingerprint density at radius 2 is 2.05 bits per heavy atom. The van der Waals surface area contributed by atoms with E-state index in [-0.39, 0.29) is 11.7 Å². The molecule has 21 heavy (non-hydrogen) atoms. The van der Waals surface area contributed by atoms with E-state index < -0.39 is 5.38 Å². The van der Waals surface area contributed by atoms with Gasteiger partial charge < -0.3 is 5.32 Å². The molecule has 5 heteroatoms. The van der Waals surface area contributed by atoms with Gasteiger partial charge in [0.15, 0.2) is 0 Å². The number of alkyl halides is 1. The van der Waals surface area contributed by atoms with Gasteiger partial charge in [-0.25, -0.2) is 4.39 Å². The van der Waals surface area contributed by atoms with Crippen molar-refractivity contribution in [2.24, 2.45) is 0 Å². The fourth-order valence-corrected chi connectivity index (χ4v) is 3.17. The Balaban J connectivity index is 1.89. The molecule has 1 heterocycles. The fraction of sp³-hybridized carbons (Fsp3) is 0.188. The molecule has 0 aromatic heterocycles. The van der Waals surface area contributed by atoms with Crippen LogP contribution in [0, 0.1) is 5.82 Å². The van der Waals surface area contributed by atoms with Crippen molar-refractivity contribution in [3.8, 4) is 0 Å². The van der Waals surface area contributed by atoms with Gasteiger partial charge in [-0.2, -0.15) is 0 Å². The van der Waals surface area contributed by atoms with Gasteiger partial charge >= 0.3 is 0 Å². The maximum absolute atomic E-state index is 13.7. The van der Waals surface area contributed by atoms with E-state index in [1.807, 2.05) is 6.07 Å². The summed E-state index contributed by atoms with van der Waals surface area (Å²) >= 11 is 12.6. The summed E-state index contributed by atoms with van der Waals surface area (Å²) in [5.74, 6) is -0.337. The van der Waals surface area contributed by atoms with E-state index >= 15 is 0 Å². The van der Waals surface area contributed by atoms with Crippen molar-refractivity contribution in [1.82, 2.24) is 0 Å². The second-order valence-electron chi connectivity index (χ2n) is 5.02. The molecule has 1 atom stereocenters. The first-order chi connectivity index (χ1) is 10.0. The Hall–Kier alpha value is -1.58. The third kappa shape index (κ3) is 2.89. The summed E-state index contributed by atoms with van der Waals surface area (Å²) in [6.07, 6.45) is 0.664. The lowest BCUT2D eigenvalue weighted by atomic mass is 10.0. The van der Waals surface area contributed by atoms with Crippen molar-refractivity contribution in [2.45, 2.75) is 18.2 Å². The lowest BCUT2D eigenvalue weighted by molar-refractivity contribution is -0.115. The number of carbonyl (C=O) groups is 1. The predicted octanol–water partition coefficient (Wildman–Crippen LogP) is 4.50. The maximum atomic E-state index is 13.7. The minimum Gasteiger partial charge on any atom is -0.325 e. The molecule has 0 aliphatic carbocycles. The first kappa shape index (κ1) is 14.4. The van der Waals surface area contributed by atoms with E-state index in [0.29, 0.717) is 23.4 Å². The topological polar surface area (TPSA) is 29.1 Å². The molecule has 0 fully saturated rings. The van der Waals surface area contributed by atoms with Gasteiger partial charge in [0.05, 0.1) is 11.8 Å². The summed E-state index contributed by atoms with van der Waals surface area (Å²) in [5.41, 5.74) is 2.86. The van der Waals surface area contributed by atoms with Gasteiger partial charge in [-0.3, -0.25) is 4.79 Å². The first-order valence-corrected chi connectivity index (χ1v) is 7.35. The van der Waals surface area contributed by atoms with Crippen LogP contribution in [-0.2, 0) is 17.6 Å². The van der Waals surface area contributed by atoms with Gasteiger partial charge in [0.1, 0.15) is 5.82 Å². The van der Waals surface area contributed by atoms with E-state index in [1.54, 1.807) is 24.3 Å². The second kappa shape index (κ2) is 5.66. The Labute approximate surface area is 131 Å². The monoisotopic (exact) mass is 323 g/mol. The molecular weight excluding hydrogens is 312 g/mol. The molecular formula is C16H12Cl2FNO. The molecule has 1 N–H and O–H groups in total. The molecule has 0 saturated carbocycles. The normalized spacial score (nSPS) is 14.7. The highest BCUT2D eigenvalue weighted by molar-refractivity contribution is 6.33. The Kier molecular flexibility index (Phi) is 3.87. The minimum atomic E-state index is -0.449. The Morgan fingerprint density at radius 3 is 2.81 bits per heavy atom. The van der Waals surface area contributed by atoms with Crippen LogP contribution in [-0.4, -0.2) is 5.91 Å². The second-order valence-corrected chi connectivity index (χ2v) is 5.95. The van der Waals surface area contributed by atoms with E-state index in [0.717, 1.165) is 16.8 Å². The number of fused-ring (bicyclic) bond motifs is 1. The predicted molar refractivity (Wildman–Crippen MR) is 82.5 cm³/mol. The molecule has 1 aliphatic rings. The van der Waals surface area contributed by atoms with Crippen LogP contribution in [0.1, 0.15) is 22.1 Å². The molecule has 0 saturated heterocycles. The molecule has 1 aliphatic heterocycles. The summed E-state index contributed by atoms with van der Waals surface area (Å²) in [6.45, 7) is 0. The van der Waals surface area contributed by atoms with Crippen LogP contribution in [0.15, 0.2) is 36.4 Å². The molecule has 108 valence electrons. The number of nitrogens with one attached hydrogen (secondary N) is 1. The summed E-state index contributed by atoms with van der Waals surface area (Å²) in [5, 5.41) is 2.77. The number of benzene rings is 2. The van der Waals surface area contributed by atoms with Gasteiger partial charge in [-0.1, -0.05) is 35.9 Å². The number of hydrogen-bond donors (Lipinski definition) is 1. The molecule has 2 aromatic rings. The van der Waals surface area contributed by atoms with Crippen LogP contribution >= 0.6 is 23.2 Å². The highest BCUT2D eigenvalue weighted by atomic mass is 35.5. The highest BCUT2D eigenvalue weighted by Gasteiger charge is 2.22. The van der Waals surface area contributed by atoms with Gasteiger partial charge in [0.25, 0.3) is 0 Å². The van der Waals surface area contributed by atoms with Crippen molar-refractivity contribution >= 4 is 34.8 Å². The number of rotatable bonds is 3. The van der Waals surface area contributed by atoms with Crippen LogP contribution in [0.25, 0.3) is 0 Å². The average molecular weight is 324 g/mol. The number of anilines is 1. The molecule has 1 unspecified atom stereocenters. The molecule has 0 radical (unpaired) electrons. The van der Waals surface area contributed by atoms with Crippen molar-refractivity contribution in [2.75, 3.05) is 5.32 Å². The van der Waals surface area contributed by atoms with Crippen LogP contribution in [0.4, 0.5) is 10.1 Å². The van der Waals surface area contributed by atoms with E-state index in [1.165, 1.54) is 6.07 Å². The van der Waals surface area contributed by atoms with Crippen molar-refractivity contribution < 1.29 is 9.18 Å². The summed E-state index contributed by atoms with van der Waals surface area (Å²) in [4.78, 5) is 11.4. The zero-order chi connectivity index (χ0) is 15.0. The van der Waals surface area contributed by atoms with Gasteiger partial charge in [-0.05, 0) is 35.2 Å². The lowest BCUT2D eigenvalue weighted by Crippen LogP contribution is -2.03. The molecule has 1 amide bonds. The van der Waals surface area contributed by atoms with Gasteiger partial charge in [0, 0.05) is 10.7 Å². The van der Waals surface area contributed by atoms with Crippen LogP contribution in [0.5, 0.6) is 0 Å². The number of carbonyl (C=O) groups excluding carboxylic acids is 1. The molecule has 2 nitrogen and oxygen atoms in total. The van der Waals surface area contributed by atoms with E-state index in [2.05, 4.69) is 5.32 Å². The fourth-order valence-electron chi connectivity index (χ4n) is 2.47. The number of amides is 1. The molecule has 0 spiro atoms. The summed E-state index contributed by atoms with van der Waals surface area (Å²) < 4.78 is 13.7. The first-order valence-electron chi connectivity index (χ1n) is 6.54. The van der Waals surface area contributed by atoms with Crippen LogP contribution in [0.3, 0.4) is 0 Å². The van der Waals surface area contributed by atoms with Crippen LogP contribution in [0.2, 0.25) is 5.02 Å². The van der Waals surface area contributed by atoms with Crippen molar-refractivity contribution in [3.63, 3.8) is 0 Å². The zero-order valence-corrected chi connectivity index (χ0v) is 12.5. The molecule has 0 bridgehead atoms. The van der Waals surface area contributed by atoms with E-state index in [4.69, 9.17) is 23.2 Å². The smallest absolute Gasteiger partial charge is 0.228 e. The summed E-state index contributed by atoms with van der Waals surface area (Å²) in [6, 6.07) is 10.1. The van der Waals surface area contributed by atoms with Crippen LogP contribution < -0.4 is 5.32 Å². The number of halogens is 3. The van der Waals surface area contributed by atoms with Gasteiger partial charge in [0.2, 0.25) is 5.91 Å². The third-order valence-electron chi connectivity index (χ3n) is 3.54. The third-order valence-corrected chi connectivity index (χ3v) is 4.26. The molecule has 3 rings (SSSR count). The minimum absolute atomic E-state index is 0.0570. The Bertz CT molecular complexity index is 717. The maximum Gasteiger partial charge on any atom is 0.228 e.